The zero-order valence-electron chi connectivity index (χ0n) is 9.95. The second-order valence-corrected chi connectivity index (χ2v) is 4.69. The van der Waals surface area contributed by atoms with Gasteiger partial charge in [0.2, 0.25) is 0 Å². The van der Waals surface area contributed by atoms with Gasteiger partial charge in [-0.15, -0.1) is 0 Å². The van der Waals surface area contributed by atoms with Crippen molar-refractivity contribution in [1.82, 2.24) is 0 Å². The lowest BCUT2D eigenvalue weighted by molar-refractivity contribution is -0.0498. The van der Waals surface area contributed by atoms with Crippen LogP contribution in [-0.4, -0.2) is 12.4 Å². The zero-order chi connectivity index (χ0) is 14.7. The first kappa shape index (κ1) is 14.6. The van der Waals surface area contributed by atoms with Gasteiger partial charge in [0.05, 0.1) is 10.0 Å². The highest BCUT2D eigenvalue weighted by Gasteiger charge is 2.16. The van der Waals surface area contributed by atoms with Gasteiger partial charge in [0.1, 0.15) is 11.6 Å². The molecule has 0 aliphatic carbocycles. The van der Waals surface area contributed by atoms with Crippen molar-refractivity contribution in [1.29, 1.82) is 0 Å². The summed E-state index contributed by atoms with van der Waals surface area (Å²) in [6.45, 7) is -2.98. The van der Waals surface area contributed by atoms with Crippen LogP contribution < -0.4 is 4.74 Å². The number of hydrogen-bond donors (Lipinski definition) is 0. The van der Waals surface area contributed by atoms with Crippen LogP contribution in [0.2, 0.25) is 0 Å². The minimum atomic E-state index is -2.98. The Hall–Kier alpha value is -1.82. The Bertz CT molecular complexity index is 644. The average molecular weight is 345 g/mol. The molecule has 0 unspecified atom stereocenters. The Labute approximate surface area is 121 Å². The van der Waals surface area contributed by atoms with Gasteiger partial charge in [-0.1, -0.05) is 18.2 Å². The molecule has 0 saturated carbocycles. The van der Waals surface area contributed by atoms with Crippen LogP contribution >= 0.6 is 15.9 Å². The van der Waals surface area contributed by atoms with Gasteiger partial charge in [-0.2, -0.15) is 8.78 Å². The molecule has 104 valence electrons. The standard InChI is InChI=1S/C14H8BrF3O2/c15-11-6-2-5-10(12(11)16)13(19)8-3-1-4-9(7-8)20-14(17)18/h1-7,14H. The SMILES string of the molecule is O=C(c1cccc(OC(F)F)c1)c1cccc(Br)c1F. The van der Waals surface area contributed by atoms with Crippen molar-refractivity contribution in [3.8, 4) is 5.75 Å². The van der Waals surface area contributed by atoms with Crippen molar-refractivity contribution >= 4 is 21.7 Å². The maximum absolute atomic E-state index is 13.8. The maximum atomic E-state index is 13.8. The lowest BCUT2D eigenvalue weighted by atomic mass is 10.0. The number of alkyl halides is 2. The van der Waals surface area contributed by atoms with Crippen molar-refractivity contribution in [2.45, 2.75) is 6.61 Å². The van der Waals surface area contributed by atoms with E-state index in [1.54, 1.807) is 0 Å². The third-order valence-corrected chi connectivity index (χ3v) is 3.13. The molecule has 20 heavy (non-hydrogen) atoms. The Morgan fingerprint density at radius 1 is 1.15 bits per heavy atom. The third-order valence-electron chi connectivity index (χ3n) is 2.52. The number of benzene rings is 2. The van der Waals surface area contributed by atoms with E-state index in [0.717, 1.165) is 6.07 Å². The molecule has 6 heteroatoms. The highest BCUT2D eigenvalue weighted by Crippen LogP contribution is 2.23. The summed E-state index contributed by atoms with van der Waals surface area (Å²) in [4.78, 5) is 12.2. The highest BCUT2D eigenvalue weighted by atomic mass is 79.9. The number of ether oxygens (including phenoxy) is 1. The van der Waals surface area contributed by atoms with Gasteiger partial charge in [0.15, 0.2) is 5.78 Å². The van der Waals surface area contributed by atoms with Crippen LogP contribution in [0, 0.1) is 5.82 Å². The predicted molar refractivity (Wildman–Crippen MR) is 70.6 cm³/mol. The molecular weight excluding hydrogens is 337 g/mol. The summed E-state index contributed by atoms with van der Waals surface area (Å²) >= 11 is 2.98. The van der Waals surface area contributed by atoms with Gasteiger partial charge in [0.25, 0.3) is 0 Å². The first-order valence-corrected chi connectivity index (χ1v) is 6.32. The summed E-state index contributed by atoms with van der Waals surface area (Å²) in [6, 6.07) is 9.53. The number of ketones is 1. The highest BCUT2D eigenvalue weighted by molar-refractivity contribution is 9.10. The van der Waals surface area contributed by atoms with Crippen LogP contribution in [0.25, 0.3) is 0 Å². The molecule has 0 radical (unpaired) electrons. The van der Waals surface area contributed by atoms with Crippen molar-refractivity contribution in [2.75, 3.05) is 0 Å². The molecule has 2 nitrogen and oxygen atoms in total. The van der Waals surface area contributed by atoms with Crippen LogP contribution in [0.15, 0.2) is 46.9 Å². The maximum Gasteiger partial charge on any atom is 0.387 e. The van der Waals surface area contributed by atoms with Crippen molar-refractivity contribution < 1.29 is 22.7 Å². The summed E-state index contributed by atoms with van der Waals surface area (Å²) < 4.78 is 42.4. The molecule has 0 amide bonds. The number of halogens is 4. The van der Waals surface area contributed by atoms with Crippen molar-refractivity contribution in [3.63, 3.8) is 0 Å². The van der Waals surface area contributed by atoms with E-state index in [2.05, 4.69) is 20.7 Å². The summed E-state index contributed by atoms with van der Waals surface area (Å²) in [5.74, 6) is -1.46. The first-order chi connectivity index (χ1) is 9.49. The molecule has 0 fully saturated rings. The van der Waals surface area contributed by atoms with E-state index >= 15 is 0 Å². The number of carbonyl (C=O) groups is 1. The summed E-state index contributed by atoms with van der Waals surface area (Å²) in [5, 5.41) is 0. The van der Waals surface area contributed by atoms with Gasteiger partial charge < -0.3 is 4.74 Å². The van der Waals surface area contributed by atoms with Gasteiger partial charge in [-0.05, 0) is 40.2 Å². The fraction of sp³-hybridized carbons (Fsp3) is 0.0714. The Kier molecular flexibility index (Phi) is 4.44. The normalized spacial score (nSPS) is 10.7. The molecule has 2 aromatic carbocycles. The summed E-state index contributed by atoms with van der Waals surface area (Å²) in [7, 11) is 0. The van der Waals surface area contributed by atoms with E-state index in [9.17, 15) is 18.0 Å². The molecule has 0 aliphatic heterocycles. The number of hydrogen-bond acceptors (Lipinski definition) is 2. The van der Waals surface area contributed by atoms with Crippen LogP contribution in [0.3, 0.4) is 0 Å². The van der Waals surface area contributed by atoms with Crippen LogP contribution in [-0.2, 0) is 0 Å². The van der Waals surface area contributed by atoms with E-state index < -0.39 is 18.2 Å². The molecule has 0 aromatic heterocycles. The Balaban J connectivity index is 2.36. The lowest BCUT2D eigenvalue weighted by Crippen LogP contribution is -2.06. The second kappa shape index (κ2) is 6.09. The fourth-order valence-corrected chi connectivity index (χ4v) is 2.01. The summed E-state index contributed by atoms with van der Waals surface area (Å²) in [6.07, 6.45) is 0. The molecule has 0 atom stereocenters. The molecule has 0 aliphatic rings. The van der Waals surface area contributed by atoms with Gasteiger partial charge in [0, 0.05) is 5.56 Å². The van der Waals surface area contributed by atoms with Gasteiger partial charge >= 0.3 is 6.61 Å². The molecular formula is C14H8BrF3O2. The molecule has 0 N–H and O–H groups in total. The topological polar surface area (TPSA) is 26.3 Å². The smallest absolute Gasteiger partial charge is 0.387 e. The largest absolute Gasteiger partial charge is 0.435 e. The van der Waals surface area contributed by atoms with E-state index in [0.29, 0.717) is 0 Å². The lowest BCUT2D eigenvalue weighted by Gasteiger charge is -2.07. The van der Waals surface area contributed by atoms with E-state index in [4.69, 9.17) is 0 Å². The molecule has 0 bridgehead atoms. The van der Waals surface area contributed by atoms with Gasteiger partial charge in [-0.25, -0.2) is 4.39 Å². The third kappa shape index (κ3) is 3.19. The fourth-order valence-electron chi connectivity index (χ4n) is 1.65. The molecule has 0 heterocycles. The minimum absolute atomic E-state index is 0.0696. The van der Waals surface area contributed by atoms with Crippen molar-refractivity contribution in [3.05, 3.63) is 63.9 Å². The summed E-state index contributed by atoms with van der Waals surface area (Å²) in [5.41, 5.74) is -0.0753. The molecule has 0 saturated heterocycles. The zero-order valence-corrected chi connectivity index (χ0v) is 11.5. The van der Waals surface area contributed by atoms with Crippen LogP contribution in [0.1, 0.15) is 15.9 Å². The van der Waals surface area contributed by atoms with Crippen molar-refractivity contribution in [2.24, 2.45) is 0 Å². The Morgan fingerprint density at radius 3 is 2.55 bits per heavy atom. The number of rotatable bonds is 4. The second-order valence-electron chi connectivity index (χ2n) is 3.84. The monoisotopic (exact) mass is 344 g/mol. The molecule has 0 spiro atoms. The Morgan fingerprint density at radius 2 is 1.85 bits per heavy atom. The van der Waals surface area contributed by atoms with E-state index in [1.165, 1.54) is 36.4 Å². The van der Waals surface area contributed by atoms with Crippen LogP contribution in [0.4, 0.5) is 13.2 Å². The van der Waals surface area contributed by atoms with Crippen LogP contribution in [0.5, 0.6) is 5.75 Å². The molecule has 2 rings (SSSR count). The van der Waals surface area contributed by atoms with E-state index in [-0.39, 0.29) is 21.3 Å². The van der Waals surface area contributed by atoms with E-state index in [1.807, 2.05) is 0 Å². The predicted octanol–water partition coefficient (Wildman–Crippen LogP) is 4.42. The quantitative estimate of drug-likeness (QED) is 0.767. The molecule has 2 aromatic rings. The number of carbonyl (C=O) groups excluding carboxylic acids is 1. The van der Waals surface area contributed by atoms with Gasteiger partial charge in [-0.3, -0.25) is 4.79 Å². The minimum Gasteiger partial charge on any atom is -0.435 e. The average Bonchev–Trinajstić information content (AvgIpc) is 2.41. The first-order valence-electron chi connectivity index (χ1n) is 5.52.